The van der Waals surface area contributed by atoms with E-state index in [0.29, 0.717) is 0 Å². The summed E-state index contributed by atoms with van der Waals surface area (Å²) in [7, 11) is 0. The van der Waals surface area contributed by atoms with Crippen LogP contribution in [0.2, 0.25) is 0 Å². The van der Waals surface area contributed by atoms with Gasteiger partial charge in [0.1, 0.15) is 0 Å². The molecule has 0 saturated carbocycles. The van der Waals surface area contributed by atoms with Crippen LogP contribution in [0.15, 0.2) is 152 Å². The molecule has 0 saturated heterocycles. The van der Waals surface area contributed by atoms with E-state index in [1.165, 1.54) is 27.4 Å². The van der Waals surface area contributed by atoms with E-state index in [9.17, 15) is 0 Å². The molecular formula is C42H31IrN3-2. The molecule has 0 aliphatic rings. The number of rotatable bonds is 4. The van der Waals surface area contributed by atoms with Gasteiger partial charge in [-0.25, -0.2) is 0 Å². The van der Waals surface area contributed by atoms with Gasteiger partial charge >= 0.3 is 0 Å². The first-order valence-corrected chi connectivity index (χ1v) is 15.1. The van der Waals surface area contributed by atoms with Crippen molar-refractivity contribution in [2.45, 2.75) is 13.8 Å². The summed E-state index contributed by atoms with van der Waals surface area (Å²) in [5.74, 6) is 0. The Morgan fingerprint density at radius 3 is 1.89 bits per heavy atom. The minimum atomic E-state index is 0. The van der Waals surface area contributed by atoms with Crippen LogP contribution in [0.4, 0.5) is 0 Å². The molecule has 0 amide bonds. The fourth-order valence-corrected chi connectivity index (χ4v) is 5.67. The minimum absolute atomic E-state index is 0. The summed E-state index contributed by atoms with van der Waals surface area (Å²) in [4.78, 5) is 8.97. The van der Waals surface area contributed by atoms with Gasteiger partial charge < -0.3 is 14.5 Å². The first-order chi connectivity index (χ1) is 22.1. The van der Waals surface area contributed by atoms with Crippen molar-refractivity contribution in [2.75, 3.05) is 0 Å². The van der Waals surface area contributed by atoms with Gasteiger partial charge in [0.2, 0.25) is 0 Å². The van der Waals surface area contributed by atoms with Gasteiger partial charge in [-0.2, -0.15) is 0 Å². The van der Waals surface area contributed by atoms with E-state index >= 15 is 0 Å². The van der Waals surface area contributed by atoms with Crippen molar-refractivity contribution >= 4 is 21.8 Å². The molecule has 0 atom stereocenters. The Balaban J connectivity index is 0.000000223. The second-order valence-corrected chi connectivity index (χ2v) is 11.1. The van der Waals surface area contributed by atoms with Crippen molar-refractivity contribution < 1.29 is 20.1 Å². The molecule has 3 heterocycles. The summed E-state index contributed by atoms with van der Waals surface area (Å²) in [6.45, 7) is 4.04. The molecule has 3 nitrogen and oxygen atoms in total. The number of nitrogens with zero attached hydrogens (tertiary/aromatic N) is 3. The molecular weight excluding hydrogens is 739 g/mol. The minimum Gasteiger partial charge on any atom is -0.309 e. The molecule has 3 aromatic heterocycles. The van der Waals surface area contributed by atoms with Crippen molar-refractivity contribution in [3.05, 3.63) is 175 Å². The van der Waals surface area contributed by atoms with Crippen LogP contribution >= 0.6 is 0 Å². The summed E-state index contributed by atoms with van der Waals surface area (Å²) in [6, 6.07) is 56.7. The third kappa shape index (κ3) is 6.46. The number of fused-ring (bicyclic) bond motifs is 3. The molecule has 0 fully saturated rings. The topological polar surface area (TPSA) is 30.7 Å². The summed E-state index contributed by atoms with van der Waals surface area (Å²) < 4.78 is 2.34. The Kier molecular flexibility index (Phi) is 9.30. The van der Waals surface area contributed by atoms with Gasteiger partial charge in [-0.1, -0.05) is 72.8 Å². The molecule has 0 spiro atoms. The third-order valence-electron chi connectivity index (χ3n) is 7.90. The third-order valence-corrected chi connectivity index (χ3v) is 7.90. The summed E-state index contributed by atoms with van der Waals surface area (Å²) in [6.07, 6.45) is 1.90. The zero-order valence-corrected chi connectivity index (χ0v) is 28.0. The number of pyridine rings is 2. The van der Waals surface area contributed by atoms with Crippen LogP contribution < -0.4 is 0 Å². The van der Waals surface area contributed by atoms with Crippen LogP contribution in [-0.2, 0) is 20.1 Å². The van der Waals surface area contributed by atoms with Crippen LogP contribution in [0.25, 0.3) is 61.1 Å². The molecule has 0 unspecified atom stereocenters. The molecule has 1 radical (unpaired) electrons. The number of hydrogen-bond acceptors (Lipinski definition) is 2. The smallest absolute Gasteiger partial charge is 0.0541 e. The monoisotopic (exact) mass is 770 g/mol. The summed E-state index contributed by atoms with van der Waals surface area (Å²) in [5, 5.41) is 2.56. The van der Waals surface area contributed by atoms with Crippen LogP contribution in [0.3, 0.4) is 0 Å². The molecule has 46 heavy (non-hydrogen) atoms. The average Bonchev–Trinajstić information content (AvgIpc) is 3.44. The molecule has 0 aliphatic carbocycles. The van der Waals surface area contributed by atoms with E-state index in [4.69, 9.17) is 0 Å². The molecule has 0 aliphatic heterocycles. The van der Waals surface area contributed by atoms with Gasteiger partial charge in [-0.3, -0.25) is 0 Å². The predicted molar refractivity (Wildman–Crippen MR) is 186 cm³/mol. The second-order valence-electron chi connectivity index (χ2n) is 11.1. The number of aromatic nitrogens is 3. The molecule has 8 rings (SSSR count). The Hall–Kier alpha value is -5.15. The molecule has 8 aromatic rings. The van der Waals surface area contributed by atoms with Crippen LogP contribution in [0.1, 0.15) is 11.3 Å². The maximum atomic E-state index is 4.55. The molecule has 4 heteroatoms. The van der Waals surface area contributed by atoms with E-state index in [-0.39, 0.29) is 20.1 Å². The van der Waals surface area contributed by atoms with Gasteiger partial charge in [0, 0.05) is 48.5 Å². The number of hydrogen-bond donors (Lipinski definition) is 0. The Morgan fingerprint density at radius 2 is 1.24 bits per heavy atom. The van der Waals surface area contributed by atoms with Gasteiger partial charge in [-0.15, -0.1) is 71.3 Å². The van der Waals surface area contributed by atoms with Gasteiger partial charge in [0.25, 0.3) is 0 Å². The Morgan fingerprint density at radius 1 is 0.543 bits per heavy atom. The van der Waals surface area contributed by atoms with Crippen molar-refractivity contribution in [2.24, 2.45) is 0 Å². The molecule has 225 valence electrons. The zero-order chi connectivity index (χ0) is 30.6. The normalized spacial score (nSPS) is 10.7. The van der Waals surface area contributed by atoms with Crippen LogP contribution in [0.5, 0.6) is 0 Å². The Bertz CT molecular complexity index is 2160. The van der Waals surface area contributed by atoms with Gasteiger partial charge in [0.15, 0.2) is 0 Å². The summed E-state index contributed by atoms with van der Waals surface area (Å²) in [5.41, 5.74) is 12.1. The second kappa shape index (κ2) is 13.9. The van der Waals surface area contributed by atoms with Crippen molar-refractivity contribution in [3.8, 4) is 39.3 Å². The predicted octanol–water partition coefficient (Wildman–Crippen LogP) is 10.5. The molecule has 0 N–H and O–H groups in total. The average molecular weight is 770 g/mol. The number of para-hydroxylation sites is 2. The van der Waals surface area contributed by atoms with Gasteiger partial charge in [-0.05, 0) is 66.7 Å². The number of benzene rings is 5. The van der Waals surface area contributed by atoms with Crippen molar-refractivity contribution in [1.82, 2.24) is 14.5 Å². The van der Waals surface area contributed by atoms with E-state index in [0.717, 1.165) is 45.0 Å². The van der Waals surface area contributed by atoms with E-state index in [2.05, 4.69) is 131 Å². The fraction of sp³-hybridized carbons (Fsp3) is 0.0476. The van der Waals surface area contributed by atoms with E-state index in [1.807, 2.05) is 61.7 Å². The summed E-state index contributed by atoms with van der Waals surface area (Å²) >= 11 is 0. The van der Waals surface area contributed by atoms with Crippen LogP contribution in [0, 0.1) is 26.0 Å². The maximum absolute atomic E-state index is 4.55. The van der Waals surface area contributed by atoms with Crippen molar-refractivity contribution in [1.29, 1.82) is 0 Å². The van der Waals surface area contributed by atoms with E-state index in [1.54, 1.807) is 0 Å². The quantitative estimate of drug-likeness (QED) is 0.167. The van der Waals surface area contributed by atoms with Crippen LogP contribution in [-0.4, -0.2) is 14.5 Å². The largest absolute Gasteiger partial charge is 0.309 e. The number of aryl methyl sites for hydroxylation is 2. The first kappa shape index (κ1) is 30.9. The SMILES string of the molecule is Cc1ccc(-c2[c-]ccc(-c3ccc(-n4c5ccccc5c5ccccc54)cc3)c2)nc1.Cc1cccc(-c2[c-]cccc2)n1.[Ir]. The zero-order valence-electron chi connectivity index (χ0n) is 25.6. The Labute approximate surface area is 283 Å². The van der Waals surface area contributed by atoms with Crippen molar-refractivity contribution in [3.63, 3.8) is 0 Å². The van der Waals surface area contributed by atoms with Gasteiger partial charge in [0.05, 0.1) is 11.0 Å². The first-order valence-electron chi connectivity index (χ1n) is 15.1. The van der Waals surface area contributed by atoms with E-state index < -0.39 is 0 Å². The molecule has 0 bridgehead atoms. The fourth-order valence-electron chi connectivity index (χ4n) is 5.67. The standard InChI is InChI=1S/C30H21N2.C12H10N.Ir/c1-21-13-18-28(31-20-21)24-8-6-7-23(19-24)22-14-16-25(17-15-22)32-29-11-4-2-9-26(29)27-10-3-5-12-30(27)32;1-10-6-5-9-12(13-10)11-7-3-2-4-8-11;/h2-7,9-20H,1H3;2-7,9H,1H3;/q2*-1;. The maximum Gasteiger partial charge on any atom is 0.0541 e. The molecule has 5 aromatic carbocycles.